The van der Waals surface area contributed by atoms with E-state index >= 15 is 0 Å². The third-order valence-corrected chi connectivity index (χ3v) is 2.96. The van der Waals surface area contributed by atoms with Gasteiger partial charge in [-0.1, -0.05) is 6.92 Å². The number of halogens is 1. The molecule has 0 radical (unpaired) electrons. The van der Waals surface area contributed by atoms with Crippen LogP contribution in [0, 0.1) is 5.82 Å². The maximum absolute atomic E-state index is 12.9. The molecule has 2 aromatic heterocycles. The Morgan fingerprint density at radius 3 is 2.67 bits per heavy atom. The van der Waals surface area contributed by atoms with Gasteiger partial charge in [-0.2, -0.15) is 5.10 Å². The van der Waals surface area contributed by atoms with Gasteiger partial charge in [-0.05, 0) is 42.3 Å². The van der Waals surface area contributed by atoms with Crippen LogP contribution in [0.2, 0.25) is 0 Å². The van der Waals surface area contributed by atoms with Gasteiger partial charge in [0, 0.05) is 6.20 Å². The first-order chi connectivity index (χ1) is 8.78. The molecule has 3 nitrogen and oxygen atoms in total. The minimum Gasteiger partial charge on any atom is -0.253 e. The van der Waals surface area contributed by atoms with Crippen molar-refractivity contribution < 1.29 is 4.39 Å². The first-order valence-corrected chi connectivity index (χ1v) is 5.86. The van der Waals surface area contributed by atoms with E-state index in [4.69, 9.17) is 0 Å². The maximum atomic E-state index is 12.9. The van der Waals surface area contributed by atoms with Gasteiger partial charge in [-0.25, -0.2) is 9.07 Å². The van der Waals surface area contributed by atoms with E-state index in [0.29, 0.717) is 0 Å². The topological polar surface area (TPSA) is 30.7 Å². The molecule has 0 amide bonds. The largest absolute Gasteiger partial charge is 0.253 e. The van der Waals surface area contributed by atoms with Crippen LogP contribution in [-0.2, 0) is 6.42 Å². The van der Waals surface area contributed by atoms with Gasteiger partial charge < -0.3 is 0 Å². The van der Waals surface area contributed by atoms with Crippen LogP contribution in [0.5, 0.6) is 0 Å². The third kappa shape index (κ3) is 1.76. The minimum absolute atomic E-state index is 0.248. The molecule has 90 valence electrons. The lowest BCUT2D eigenvalue weighted by Gasteiger charge is -2.04. The van der Waals surface area contributed by atoms with Crippen molar-refractivity contribution in [3.8, 4) is 5.69 Å². The highest BCUT2D eigenvalue weighted by atomic mass is 19.1. The van der Waals surface area contributed by atoms with Crippen LogP contribution in [0.15, 0.2) is 42.7 Å². The number of benzene rings is 1. The SMILES string of the molecule is CCc1cnc2cnn(-c3ccc(F)cc3)c2c1. The average Bonchev–Trinajstić information content (AvgIpc) is 2.82. The lowest BCUT2D eigenvalue weighted by molar-refractivity contribution is 0.627. The van der Waals surface area contributed by atoms with E-state index in [1.165, 1.54) is 12.1 Å². The number of aryl methyl sites for hydroxylation is 1. The van der Waals surface area contributed by atoms with Crippen molar-refractivity contribution in [1.82, 2.24) is 14.8 Å². The predicted molar refractivity (Wildman–Crippen MR) is 68.2 cm³/mol. The predicted octanol–water partition coefficient (Wildman–Crippen LogP) is 3.12. The van der Waals surface area contributed by atoms with Crippen LogP contribution in [0.3, 0.4) is 0 Å². The van der Waals surface area contributed by atoms with Gasteiger partial charge in [0.25, 0.3) is 0 Å². The average molecular weight is 241 g/mol. The summed E-state index contributed by atoms with van der Waals surface area (Å²) in [6.07, 6.45) is 4.51. The van der Waals surface area contributed by atoms with Crippen molar-refractivity contribution >= 4 is 11.0 Å². The molecule has 0 aliphatic rings. The molecule has 0 fully saturated rings. The van der Waals surface area contributed by atoms with Crippen LogP contribution in [0.25, 0.3) is 16.7 Å². The fourth-order valence-corrected chi connectivity index (χ4v) is 1.93. The Balaban J connectivity index is 2.19. The Hall–Kier alpha value is -2.23. The summed E-state index contributed by atoms with van der Waals surface area (Å²) >= 11 is 0. The minimum atomic E-state index is -0.248. The molecule has 18 heavy (non-hydrogen) atoms. The summed E-state index contributed by atoms with van der Waals surface area (Å²) in [4.78, 5) is 4.36. The zero-order chi connectivity index (χ0) is 12.5. The molecule has 0 bridgehead atoms. The molecule has 4 heteroatoms. The van der Waals surface area contributed by atoms with Crippen LogP contribution in [0.1, 0.15) is 12.5 Å². The van der Waals surface area contributed by atoms with Crippen LogP contribution in [-0.4, -0.2) is 14.8 Å². The summed E-state index contributed by atoms with van der Waals surface area (Å²) in [5.74, 6) is -0.248. The molecule has 2 heterocycles. The summed E-state index contributed by atoms with van der Waals surface area (Å²) in [5, 5.41) is 4.30. The van der Waals surface area contributed by atoms with Gasteiger partial charge in [0.05, 0.1) is 17.4 Å². The summed E-state index contributed by atoms with van der Waals surface area (Å²) in [6.45, 7) is 2.08. The van der Waals surface area contributed by atoms with Gasteiger partial charge in [0.2, 0.25) is 0 Å². The number of aromatic nitrogens is 3. The maximum Gasteiger partial charge on any atom is 0.123 e. The van der Waals surface area contributed by atoms with Crippen molar-refractivity contribution in [2.45, 2.75) is 13.3 Å². The number of rotatable bonds is 2. The van der Waals surface area contributed by atoms with Gasteiger partial charge >= 0.3 is 0 Å². The molecular formula is C14H12FN3. The fraction of sp³-hybridized carbons (Fsp3) is 0.143. The molecule has 0 aliphatic heterocycles. The van der Waals surface area contributed by atoms with E-state index in [0.717, 1.165) is 28.7 Å². The zero-order valence-corrected chi connectivity index (χ0v) is 9.97. The number of fused-ring (bicyclic) bond motifs is 1. The highest BCUT2D eigenvalue weighted by Gasteiger charge is 2.06. The second kappa shape index (κ2) is 4.22. The standard InChI is InChI=1S/C14H12FN3/c1-2-10-7-14-13(16-8-10)9-17-18(14)12-5-3-11(15)4-6-12/h3-9H,2H2,1H3. The lowest BCUT2D eigenvalue weighted by atomic mass is 10.2. The Kier molecular flexibility index (Phi) is 2.55. The van der Waals surface area contributed by atoms with Gasteiger partial charge in [-0.15, -0.1) is 0 Å². The van der Waals surface area contributed by atoms with Crippen LogP contribution >= 0.6 is 0 Å². The van der Waals surface area contributed by atoms with Crippen molar-refractivity contribution in [1.29, 1.82) is 0 Å². The Labute approximate surface area is 104 Å². The molecule has 0 unspecified atom stereocenters. The molecule has 3 rings (SSSR count). The molecule has 0 spiro atoms. The smallest absolute Gasteiger partial charge is 0.123 e. The van der Waals surface area contributed by atoms with Gasteiger partial charge in [-0.3, -0.25) is 4.98 Å². The Morgan fingerprint density at radius 1 is 1.17 bits per heavy atom. The van der Waals surface area contributed by atoms with Crippen molar-refractivity contribution in [3.05, 3.63) is 54.1 Å². The number of hydrogen-bond donors (Lipinski definition) is 0. The molecule has 0 aliphatic carbocycles. The lowest BCUT2D eigenvalue weighted by Crippen LogP contribution is -1.96. The summed E-state index contributed by atoms with van der Waals surface area (Å²) in [5.41, 5.74) is 3.78. The number of nitrogens with zero attached hydrogens (tertiary/aromatic N) is 3. The first kappa shape index (κ1) is 10.9. The molecule has 1 aromatic carbocycles. The Morgan fingerprint density at radius 2 is 1.94 bits per heavy atom. The molecule has 3 aromatic rings. The van der Waals surface area contributed by atoms with Crippen molar-refractivity contribution in [2.24, 2.45) is 0 Å². The normalized spacial score (nSPS) is 11.0. The summed E-state index contributed by atoms with van der Waals surface area (Å²) in [6, 6.07) is 8.35. The van der Waals surface area contributed by atoms with Crippen LogP contribution < -0.4 is 0 Å². The van der Waals surface area contributed by atoms with E-state index in [1.807, 2.05) is 6.20 Å². The highest BCUT2D eigenvalue weighted by molar-refractivity contribution is 5.76. The first-order valence-electron chi connectivity index (χ1n) is 5.86. The van der Waals surface area contributed by atoms with E-state index in [1.54, 1.807) is 23.0 Å². The van der Waals surface area contributed by atoms with Gasteiger partial charge in [0.15, 0.2) is 0 Å². The van der Waals surface area contributed by atoms with E-state index in [2.05, 4.69) is 23.1 Å². The Bertz CT molecular complexity index is 686. The van der Waals surface area contributed by atoms with Crippen LogP contribution in [0.4, 0.5) is 4.39 Å². The van der Waals surface area contributed by atoms with E-state index < -0.39 is 0 Å². The number of pyridine rings is 1. The second-order valence-electron chi connectivity index (χ2n) is 4.13. The fourth-order valence-electron chi connectivity index (χ4n) is 1.93. The quantitative estimate of drug-likeness (QED) is 0.690. The zero-order valence-electron chi connectivity index (χ0n) is 9.97. The summed E-state index contributed by atoms with van der Waals surface area (Å²) in [7, 11) is 0. The number of hydrogen-bond acceptors (Lipinski definition) is 2. The van der Waals surface area contributed by atoms with Crippen molar-refractivity contribution in [2.75, 3.05) is 0 Å². The molecule has 0 saturated heterocycles. The van der Waals surface area contributed by atoms with E-state index in [9.17, 15) is 4.39 Å². The molecule has 0 saturated carbocycles. The van der Waals surface area contributed by atoms with Crippen molar-refractivity contribution in [3.63, 3.8) is 0 Å². The molecular weight excluding hydrogens is 229 g/mol. The van der Waals surface area contributed by atoms with Gasteiger partial charge in [0.1, 0.15) is 11.3 Å². The highest BCUT2D eigenvalue weighted by Crippen LogP contribution is 2.18. The third-order valence-electron chi connectivity index (χ3n) is 2.96. The molecule has 0 atom stereocenters. The summed E-state index contributed by atoms with van der Waals surface area (Å²) < 4.78 is 14.7. The monoisotopic (exact) mass is 241 g/mol. The van der Waals surface area contributed by atoms with E-state index in [-0.39, 0.29) is 5.82 Å². The molecule has 0 N–H and O–H groups in total. The second-order valence-corrected chi connectivity index (χ2v) is 4.13.